The normalized spacial score (nSPS) is 15.6. The molecule has 10 aromatic rings. The van der Waals surface area contributed by atoms with Crippen molar-refractivity contribution in [3.8, 4) is 16.8 Å². The second-order valence-corrected chi connectivity index (χ2v) is 33.8. The van der Waals surface area contributed by atoms with E-state index in [9.17, 15) is 0 Å². The van der Waals surface area contributed by atoms with E-state index in [1.807, 2.05) is 0 Å². The number of nitrogens with zero attached hydrogens (tertiary/aromatic N) is 4. The summed E-state index contributed by atoms with van der Waals surface area (Å²) in [6, 6.07) is 73.8. The van der Waals surface area contributed by atoms with Gasteiger partial charge in [0, 0.05) is 73.7 Å². The van der Waals surface area contributed by atoms with E-state index < -0.39 is 0 Å². The third-order valence-electron chi connectivity index (χ3n) is 19.8. The van der Waals surface area contributed by atoms with E-state index in [2.05, 4.69) is 366 Å². The van der Waals surface area contributed by atoms with Gasteiger partial charge in [-0.15, -0.1) is 0 Å². The van der Waals surface area contributed by atoms with Crippen LogP contribution < -0.4 is 14.7 Å². The van der Waals surface area contributed by atoms with Crippen LogP contribution in [-0.2, 0) is 37.9 Å². The summed E-state index contributed by atoms with van der Waals surface area (Å²) in [5, 5.41) is 2.53. The van der Waals surface area contributed by atoms with Crippen molar-refractivity contribution in [1.82, 2.24) is 4.57 Å². The number of allylic oxidation sites excluding steroid dienone is 2. The highest BCUT2D eigenvalue weighted by atomic mass is 15.2. The Balaban J connectivity index is 1.24. The number of anilines is 8. The average Bonchev–Trinajstić information content (AvgIpc) is 1.50. The number of benzene rings is 9. The molecule has 0 radical (unpaired) electrons. The largest absolute Gasteiger partial charge is 0.313 e. The monoisotopic (exact) mass is 1200 g/mol. The standard InChI is InChI=1S/C87H100N4/c1-55-70-54-79(55)91(74-45-34-61(50-71(70)74)85(14,15)16)78-25-23-24-77(90-75-46-35-62(86(17,18)19)51-72(75)73-52-63(87(20,21)22)36-47-76(73)90)80(78)56-48-68(88(64-37-26-57(27-38-64)81(2,3)4)65-39-28-58(29-40-65)82(5,6)7)53-69(49-56)89(66-41-30-59(31-42-66)83(8,9)10)67-43-32-60(33-44-67)84(11,12)13/h23-55,70H,1-22H3/t55-,70?/m1/s1. The Morgan fingerprint density at radius 2 is 0.637 bits per heavy atom. The summed E-state index contributed by atoms with van der Waals surface area (Å²) >= 11 is 0. The van der Waals surface area contributed by atoms with Crippen molar-refractivity contribution < 1.29 is 0 Å². The van der Waals surface area contributed by atoms with E-state index in [4.69, 9.17) is 0 Å². The number of aromatic nitrogens is 1. The average molecular weight is 1200 g/mol. The Kier molecular flexibility index (Phi) is 15.3. The van der Waals surface area contributed by atoms with Crippen LogP contribution in [-0.4, -0.2) is 4.57 Å². The Labute approximate surface area is 546 Å². The van der Waals surface area contributed by atoms with Gasteiger partial charge in [0.1, 0.15) is 0 Å². The van der Waals surface area contributed by atoms with Crippen LogP contribution in [0.4, 0.5) is 45.5 Å². The molecule has 0 spiro atoms. The zero-order chi connectivity index (χ0) is 65.4. The highest BCUT2D eigenvalue weighted by Crippen LogP contribution is 2.59. The van der Waals surface area contributed by atoms with Crippen LogP contribution in [0.25, 0.3) is 38.6 Å². The smallest absolute Gasteiger partial charge is 0.0561 e. The Morgan fingerprint density at radius 1 is 0.308 bits per heavy atom. The SMILES string of the molecule is C[C@H]1C2=CC1c1cc(C(C)(C)C)ccc1N2c1cccc(-n2c3ccc(C(C)(C)C)cc3c3cc(C(C)(C)C)ccc32)c1-c1cc(N(c2ccc(C(C)(C)C)cc2)c2ccc(C(C)(C)C)cc2)cc(N(c2ccc(C(C)(C)C)cc2)c2ccc(C(C)(C)C)cc2)c1. The molecule has 0 saturated carbocycles. The second-order valence-electron chi connectivity index (χ2n) is 33.8. The lowest BCUT2D eigenvalue weighted by Gasteiger charge is -2.49. The van der Waals surface area contributed by atoms with E-state index >= 15 is 0 Å². The Morgan fingerprint density at radius 3 is 0.989 bits per heavy atom. The zero-order valence-electron chi connectivity index (χ0n) is 58.9. The van der Waals surface area contributed by atoms with Crippen molar-refractivity contribution in [2.75, 3.05) is 14.7 Å². The first-order chi connectivity index (χ1) is 42.4. The molecular formula is C87H100N4. The summed E-state index contributed by atoms with van der Waals surface area (Å²) in [7, 11) is 0. The Hall–Kier alpha value is -8.08. The van der Waals surface area contributed by atoms with Gasteiger partial charge in [0.15, 0.2) is 0 Å². The van der Waals surface area contributed by atoms with Gasteiger partial charge in [0.25, 0.3) is 0 Å². The molecule has 1 unspecified atom stereocenters. The van der Waals surface area contributed by atoms with E-state index in [0.29, 0.717) is 11.8 Å². The molecule has 3 aliphatic rings. The van der Waals surface area contributed by atoms with Gasteiger partial charge in [-0.1, -0.05) is 237 Å². The van der Waals surface area contributed by atoms with Crippen LogP contribution in [0.15, 0.2) is 200 Å². The van der Waals surface area contributed by atoms with Gasteiger partial charge in [0.2, 0.25) is 0 Å². The number of fused-ring (bicyclic) bond motifs is 3. The molecule has 0 fully saturated rings. The molecule has 9 aromatic carbocycles. The maximum Gasteiger partial charge on any atom is 0.0561 e. The third kappa shape index (κ3) is 11.8. The predicted molar refractivity (Wildman–Crippen MR) is 395 cm³/mol. The number of hydrogen-bond donors (Lipinski definition) is 0. The number of rotatable bonds is 9. The van der Waals surface area contributed by atoms with Gasteiger partial charge < -0.3 is 19.3 Å². The summed E-state index contributed by atoms with van der Waals surface area (Å²) in [4.78, 5) is 7.65. The lowest BCUT2D eigenvalue weighted by atomic mass is 9.69. The second kappa shape index (κ2) is 22.1. The fraction of sp³-hybridized carbons (Fsp3) is 0.356. The fourth-order valence-corrected chi connectivity index (χ4v) is 13.8. The molecule has 13 rings (SSSR count). The van der Waals surface area contributed by atoms with E-state index in [-0.39, 0.29) is 37.9 Å². The van der Waals surface area contributed by atoms with Crippen LogP contribution in [0.1, 0.15) is 203 Å². The zero-order valence-corrected chi connectivity index (χ0v) is 58.9. The first-order valence-corrected chi connectivity index (χ1v) is 33.5. The molecule has 0 amide bonds. The number of hydrogen-bond acceptors (Lipinski definition) is 3. The van der Waals surface area contributed by atoms with Crippen molar-refractivity contribution in [2.24, 2.45) is 5.92 Å². The lowest BCUT2D eigenvalue weighted by Crippen LogP contribution is -2.38. The van der Waals surface area contributed by atoms with Crippen LogP contribution in [0.3, 0.4) is 0 Å². The van der Waals surface area contributed by atoms with Gasteiger partial charge >= 0.3 is 0 Å². The van der Waals surface area contributed by atoms with Crippen LogP contribution in [0, 0.1) is 5.92 Å². The van der Waals surface area contributed by atoms with Crippen LogP contribution >= 0.6 is 0 Å². The lowest BCUT2D eigenvalue weighted by molar-refractivity contribution is 0.503. The van der Waals surface area contributed by atoms with E-state index in [1.54, 1.807) is 0 Å². The molecule has 2 bridgehead atoms. The van der Waals surface area contributed by atoms with Gasteiger partial charge in [-0.3, -0.25) is 0 Å². The van der Waals surface area contributed by atoms with Gasteiger partial charge in [-0.25, -0.2) is 0 Å². The first kappa shape index (κ1) is 63.1. The topological polar surface area (TPSA) is 14.7 Å². The van der Waals surface area contributed by atoms with Crippen molar-refractivity contribution in [2.45, 2.75) is 196 Å². The molecule has 1 aliphatic carbocycles. The van der Waals surface area contributed by atoms with Gasteiger partial charge in [-0.2, -0.15) is 0 Å². The minimum absolute atomic E-state index is 0.00693. The quantitative estimate of drug-likeness (QED) is 0.143. The maximum atomic E-state index is 2.64. The molecular weight excluding hydrogens is 1100 g/mol. The summed E-state index contributed by atoms with van der Waals surface area (Å²) in [6.07, 6.45) is 2.55. The third-order valence-corrected chi connectivity index (χ3v) is 19.8. The van der Waals surface area contributed by atoms with E-state index in [0.717, 1.165) is 56.6 Å². The van der Waals surface area contributed by atoms with Crippen LogP contribution in [0.5, 0.6) is 0 Å². The van der Waals surface area contributed by atoms with Crippen molar-refractivity contribution >= 4 is 67.3 Å². The summed E-state index contributed by atoms with van der Waals surface area (Å²) in [5.74, 6) is 0.675. The van der Waals surface area contributed by atoms with Gasteiger partial charge in [0.05, 0.1) is 22.4 Å². The molecule has 468 valence electrons. The molecule has 2 atom stereocenters. The molecule has 1 aromatic heterocycles. The first-order valence-electron chi connectivity index (χ1n) is 33.5. The van der Waals surface area contributed by atoms with E-state index in [1.165, 1.54) is 77.7 Å². The van der Waals surface area contributed by atoms with Crippen molar-refractivity contribution in [1.29, 1.82) is 0 Å². The summed E-state index contributed by atoms with van der Waals surface area (Å²) in [5.41, 5.74) is 26.4. The molecule has 0 saturated heterocycles. The molecule has 4 heteroatoms. The maximum absolute atomic E-state index is 2.64. The van der Waals surface area contributed by atoms with Crippen molar-refractivity contribution in [3.05, 3.63) is 244 Å². The Bertz CT molecular complexity index is 4100. The van der Waals surface area contributed by atoms with Crippen molar-refractivity contribution in [3.63, 3.8) is 0 Å². The highest BCUT2D eigenvalue weighted by molar-refractivity contribution is 6.11. The molecule has 4 nitrogen and oxygen atoms in total. The molecule has 91 heavy (non-hydrogen) atoms. The van der Waals surface area contributed by atoms with Gasteiger partial charge in [-0.05, 0) is 197 Å². The molecule has 2 aliphatic heterocycles. The highest BCUT2D eigenvalue weighted by Gasteiger charge is 2.43. The van der Waals surface area contributed by atoms with Crippen LogP contribution in [0.2, 0.25) is 0 Å². The molecule has 0 N–H and O–H groups in total. The summed E-state index contributed by atoms with van der Waals surface area (Å²) < 4.78 is 2.60. The molecule has 3 heterocycles. The minimum Gasteiger partial charge on any atom is -0.313 e. The predicted octanol–water partition coefficient (Wildman–Crippen LogP) is 25.2. The minimum atomic E-state index is -0.0518. The summed E-state index contributed by atoms with van der Waals surface area (Å²) in [6.45, 7) is 51.2. The fourth-order valence-electron chi connectivity index (χ4n) is 13.8.